The first-order valence-electron chi connectivity index (χ1n) is 6.87. The van der Waals surface area contributed by atoms with Crippen LogP contribution in [0, 0.1) is 0 Å². The molecule has 0 saturated carbocycles. The summed E-state index contributed by atoms with van der Waals surface area (Å²) in [6, 6.07) is 10.0. The Morgan fingerprint density at radius 1 is 1.00 bits per heavy atom. The van der Waals surface area contributed by atoms with Gasteiger partial charge in [0.25, 0.3) is 0 Å². The normalized spacial score (nSPS) is 16.0. The van der Waals surface area contributed by atoms with Gasteiger partial charge in [0.2, 0.25) is 0 Å². The first-order valence-corrected chi connectivity index (χ1v) is 6.87. The third kappa shape index (κ3) is 3.05. The van der Waals surface area contributed by atoms with Crippen LogP contribution < -0.4 is 15.4 Å². The van der Waals surface area contributed by atoms with E-state index in [2.05, 4.69) is 15.6 Å². The molecule has 1 aliphatic heterocycles. The average molecular weight is 273 g/mol. The molecule has 3 rings (SSSR count). The number of H-pyrrole nitrogens is 1. The molecule has 1 aliphatic rings. The van der Waals surface area contributed by atoms with Gasteiger partial charge in [0, 0.05) is 18.2 Å². The minimum atomic E-state index is 0.610. The van der Waals surface area contributed by atoms with Crippen molar-refractivity contribution in [1.82, 2.24) is 4.98 Å². The zero-order chi connectivity index (χ0) is 13.6. The molecule has 0 bridgehead atoms. The highest BCUT2D eigenvalue weighted by atomic mass is 16.5. The van der Waals surface area contributed by atoms with Crippen LogP contribution in [0.1, 0.15) is 12.0 Å². The predicted molar refractivity (Wildman–Crippen MR) is 79.1 cm³/mol. The van der Waals surface area contributed by atoms with Crippen LogP contribution in [-0.4, -0.2) is 24.9 Å². The van der Waals surface area contributed by atoms with Crippen molar-refractivity contribution in [2.45, 2.75) is 13.0 Å². The van der Waals surface area contributed by atoms with Crippen molar-refractivity contribution in [3.8, 4) is 5.75 Å². The molecule has 0 saturated heterocycles. The molecule has 0 atom stereocenters. The van der Waals surface area contributed by atoms with Crippen molar-refractivity contribution in [2.75, 3.05) is 30.5 Å². The number of benzene rings is 1. The number of rotatable bonds is 0. The molecule has 1 aromatic carbocycles. The lowest BCUT2D eigenvalue weighted by atomic mass is 10.3. The van der Waals surface area contributed by atoms with Crippen LogP contribution in [-0.2, 0) is 11.3 Å². The summed E-state index contributed by atoms with van der Waals surface area (Å²) in [5, 5.41) is 6.66. The van der Waals surface area contributed by atoms with Crippen LogP contribution in [0.4, 0.5) is 11.5 Å². The molecule has 0 amide bonds. The van der Waals surface area contributed by atoms with E-state index in [1.807, 2.05) is 36.5 Å². The molecule has 5 heteroatoms. The molecule has 0 aliphatic carbocycles. The van der Waals surface area contributed by atoms with Gasteiger partial charge in [0.05, 0.1) is 32.2 Å². The average Bonchev–Trinajstić information content (AvgIpc) is 2.91. The predicted octanol–water partition coefficient (Wildman–Crippen LogP) is 2.80. The van der Waals surface area contributed by atoms with Gasteiger partial charge >= 0.3 is 0 Å². The lowest BCUT2D eigenvalue weighted by Crippen LogP contribution is -2.13. The fraction of sp³-hybridized carbons (Fsp3) is 0.333. The monoisotopic (exact) mass is 273 g/mol. The van der Waals surface area contributed by atoms with E-state index in [1.165, 1.54) is 0 Å². The van der Waals surface area contributed by atoms with E-state index in [4.69, 9.17) is 9.47 Å². The van der Waals surface area contributed by atoms with Gasteiger partial charge < -0.3 is 25.1 Å². The fourth-order valence-electron chi connectivity index (χ4n) is 2.18. The molecule has 0 fully saturated rings. The Morgan fingerprint density at radius 2 is 1.95 bits per heavy atom. The molecule has 20 heavy (non-hydrogen) atoms. The summed E-state index contributed by atoms with van der Waals surface area (Å²) in [5.41, 5.74) is 2.13. The van der Waals surface area contributed by atoms with E-state index in [1.54, 1.807) is 0 Å². The van der Waals surface area contributed by atoms with E-state index in [-0.39, 0.29) is 0 Å². The number of aromatic amines is 1. The molecule has 0 unspecified atom stereocenters. The maximum absolute atomic E-state index is 5.78. The van der Waals surface area contributed by atoms with Gasteiger partial charge in [0.1, 0.15) is 11.6 Å². The maximum atomic E-state index is 5.78. The second kappa shape index (κ2) is 6.34. The highest BCUT2D eigenvalue weighted by molar-refractivity contribution is 5.57. The molecule has 1 aromatic heterocycles. The van der Waals surface area contributed by atoms with Gasteiger partial charge in [-0.1, -0.05) is 12.1 Å². The molecule has 3 N–H and O–H groups in total. The summed E-state index contributed by atoms with van der Waals surface area (Å²) in [7, 11) is 0. The molecule has 2 aromatic rings. The third-order valence-electron chi connectivity index (χ3n) is 3.21. The summed E-state index contributed by atoms with van der Waals surface area (Å²) in [4.78, 5) is 3.19. The van der Waals surface area contributed by atoms with Gasteiger partial charge in [0.15, 0.2) is 0 Å². The van der Waals surface area contributed by atoms with Gasteiger partial charge in [-0.2, -0.15) is 0 Å². The Morgan fingerprint density at radius 3 is 2.95 bits per heavy atom. The van der Waals surface area contributed by atoms with Crippen LogP contribution in [0.3, 0.4) is 0 Å². The Labute approximate surface area is 118 Å². The Kier molecular flexibility index (Phi) is 4.08. The zero-order valence-electron chi connectivity index (χ0n) is 11.3. The standard InChI is InChI=1S/C15H19N3O2/c1-2-5-14-13(4-1)17-11-18-15-12(6-7-16-15)10-19-8-3-9-20-14/h1-2,4-7,16-18H,3,8-11H2. The number of fused-ring (bicyclic) bond motifs is 2. The smallest absolute Gasteiger partial charge is 0.142 e. The molecule has 2 heterocycles. The molecular weight excluding hydrogens is 254 g/mol. The van der Waals surface area contributed by atoms with Crippen LogP contribution in [0.2, 0.25) is 0 Å². The minimum Gasteiger partial charge on any atom is -0.491 e. The Hall–Kier alpha value is -2.14. The van der Waals surface area contributed by atoms with E-state index in [0.29, 0.717) is 26.5 Å². The van der Waals surface area contributed by atoms with Gasteiger partial charge in [-0.15, -0.1) is 0 Å². The summed E-state index contributed by atoms with van der Waals surface area (Å²) in [6.45, 7) is 2.58. The number of ether oxygens (including phenoxy) is 2. The molecule has 5 nitrogen and oxygen atoms in total. The minimum absolute atomic E-state index is 0.610. The largest absolute Gasteiger partial charge is 0.491 e. The third-order valence-corrected chi connectivity index (χ3v) is 3.21. The summed E-state index contributed by atoms with van der Waals surface area (Å²) >= 11 is 0. The first-order chi connectivity index (χ1) is 9.93. The van der Waals surface area contributed by atoms with Gasteiger partial charge in [-0.25, -0.2) is 0 Å². The highest BCUT2D eigenvalue weighted by Gasteiger charge is 2.06. The number of hydrogen-bond donors (Lipinski definition) is 3. The van der Waals surface area contributed by atoms with Gasteiger partial charge in [-0.05, 0) is 18.2 Å². The van der Waals surface area contributed by atoms with Crippen molar-refractivity contribution in [2.24, 2.45) is 0 Å². The number of anilines is 2. The molecule has 0 spiro atoms. The number of hydrogen-bond acceptors (Lipinski definition) is 4. The summed E-state index contributed by atoms with van der Waals surface area (Å²) < 4.78 is 11.4. The summed E-state index contributed by atoms with van der Waals surface area (Å²) in [6.07, 6.45) is 2.80. The van der Waals surface area contributed by atoms with E-state index in [0.717, 1.165) is 29.2 Å². The second-order valence-corrected chi connectivity index (χ2v) is 4.66. The second-order valence-electron chi connectivity index (χ2n) is 4.66. The van der Waals surface area contributed by atoms with E-state index in [9.17, 15) is 0 Å². The van der Waals surface area contributed by atoms with Crippen LogP contribution in [0.5, 0.6) is 5.75 Å². The highest BCUT2D eigenvalue weighted by Crippen LogP contribution is 2.24. The summed E-state index contributed by atoms with van der Waals surface area (Å²) in [5.74, 6) is 1.87. The van der Waals surface area contributed by atoms with E-state index < -0.39 is 0 Å². The topological polar surface area (TPSA) is 58.3 Å². The van der Waals surface area contributed by atoms with Crippen molar-refractivity contribution in [1.29, 1.82) is 0 Å². The Bertz CT molecular complexity index is 554. The van der Waals surface area contributed by atoms with Crippen LogP contribution >= 0.6 is 0 Å². The number of nitrogens with one attached hydrogen (secondary N) is 3. The first kappa shape index (κ1) is 12.9. The molecule has 106 valence electrons. The van der Waals surface area contributed by atoms with Crippen molar-refractivity contribution < 1.29 is 9.47 Å². The fourth-order valence-corrected chi connectivity index (χ4v) is 2.18. The quantitative estimate of drug-likeness (QED) is 0.691. The van der Waals surface area contributed by atoms with Gasteiger partial charge in [-0.3, -0.25) is 0 Å². The van der Waals surface area contributed by atoms with Crippen molar-refractivity contribution >= 4 is 11.5 Å². The Balaban J connectivity index is 1.75. The maximum Gasteiger partial charge on any atom is 0.142 e. The zero-order valence-corrected chi connectivity index (χ0v) is 11.3. The SMILES string of the molecule is c1ccc2c(c1)NCNc1[nH]ccc1COCCCO2. The number of para-hydroxylation sites is 2. The van der Waals surface area contributed by atoms with Crippen molar-refractivity contribution in [3.05, 3.63) is 42.1 Å². The lowest BCUT2D eigenvalue weighted by Gasteiger charge is -2.13. The molecule has 0 radical (unpaired) electrons. The van der Waals surface area contributed by atoms with Crippen LogP contribution in [0.25, 0.3) is 0 Å². The number of aromatic nitrogens is 1. The molecular formula is C15H19N3O2. The van der Waals surface area contributed by atoms with E-state index >= 15 is 0 Å². The lowest BCUT2D eigenvalue weighted by molar-refractivity contribution is 0.108. The van der Waals surface area contributed by atoms with Crippen molar-refractivity contribution in [3.63, 3.8) is 0 Å². The van der Waals surface area contributed by atoms with Crippen LogP contribution in [0.15, 0.2) is 36.5 Å².